The number of rotatable bonds is 6. The van der Waals surface area contributed by atoms with E-state index in [0.29, 0.717) is 11.8 Å². The Morgan fingerprint density at radius 2 is 1.82 bits per heavy atom. The number of likely N-dealkylation sites (N-methyl/N-ethyl adjacent to an activating group) is 1. The van der Waals surface area contributed by atoms with Crippen molar-refractivity contribution in [2.75, 3.05) is 38.1 Å². The maximum absolute atomic E-state index is 13.2. The molecule has 6 nitrogen and oxygen atoms in total. The number of hydrogen-bond donors (Lipinski definition) is 2. The van der Waals surface area contributed by atoms with Gasteiger partial charge >= 0.3 is 0 Å². The monoisotopic (exact) mass is 386 g/mol. The van der Waals surface area contributed by atoms with Gasteiger partial charge in [-0.1, -0.05) is 12.1 Å². The van der Waals surface area contributed by atoms with Crippen LogP contribution in [0.1, 0.15) is 17.0 Å². The summed E-state index contributed by atoms with van der Waals surface area (Å²) in [6, 6.07) is 8.31. The van der Waals surface area contributed by atoms with Crippen molar-refractivity contribution >= 4 is 17.8 Å². The summed E-state index contributed by atoms with van der Waals surface area (Å²) >= 11 is 0. The molecule has 3 rings (SSSR count). The van der Waals surface area contributed by atoms with Crippen molar-refractivity contribution in [3.05, 3.63) is 53.3 Å². The number of hydrogen-bond acceptors (Lipinski definition) is 6. The Morgan fingerprint density at radius 3 is 2.43 bits per heavy atom. The molecule has 0 amide bonds. The number of benzene rings is 2. The second-order valence-electron chi connectivity index (χ2n) is 7.06. The van der Waals surface area contributed by atoms with Gasteiger partial charge < -0.3 is 24.8 Å². The average Bonchev–Trinajstić information content (AvgIpc) is 2.66. The molecule has 0 bridgehead atoms. The van der Waals surface area contributed by atoms with Crippen molar-refractivity contribution in [1.29, 1.82) is 0 Å². The number of carbonyl (C=O) groups is 2. The van der Waals surface area contributed by atoms with Gasteiger partial charge in [-0.15, -0.1) is 0 Å². The van der Waals surface area contributed by atoms with Gasteiger partial charge in [0.2, 0.25) is 0 Å². The van der Waals surface area contributed by atoms with E-state index in [9.17, 15) is 24.2 Å². The van der Waals surface area contributed by atoms with Crippen LogP contribution in [0.3, 0.4) is 0 Å². The fourth-order valence-electron chi connectivity index (χ4n) is 3.36. The van der Waals surface area contributed by atoms with Crippen LogP contribution in [0.5, 0.6) is 11.5 Å². The highest BCUT2D eigenvalue weighted by Crippen LogP contribution is 2.30. The Morgan fingerprint density at radius 1 is 1.11 bits per heavy atom. The van der Waals surface area contributed by atoms with Gasteiger partial charge in [0, 0.05) is 61.5 Å². The lowest BCUT2D eigenvalue weighted by molar-refractivity contribution is -0.123. The normalized spacial score (nSPS) is 16.0. The van der Waals surface area contributed by atoms with Crippen molar-refractivity contribution < 1.29 is 24.2 Å². The molecule has 0 saturated carbocycles. The first-order chi connectivity index (χ1) is 13.4. The quantitative estimate of drug-likeness (QED) is 0.585. The summed E-state index contributed by atoms with van der Waals surface area (Å²) in [6.45, 7) is 3.57. The molecule has 148 valence electrons. The molecule has 0 aromatic heterocycles. The molecule has 7 heteroatoms. The van der Waals surface area contributed by atoms with E-state index in [0.717, 1.165) is 44.0 Å². The Labute approximate surface area is 162 Å². The Kier molecular flexibility index (Phi) is 5.94. The molecule has 1 aliphatic rings. The molecule has 1 saturated heterocycles. The summed E-state index contributed by atoms with van der Waals surface area (Å²) < 4.78 is 13.2. The van der Waals surface area contributed by atoms with E-state index in [1.807, 2.05) is 6.07 Å². The van der Waals surface area contributed by atoms with Crippen LogP contribution in [-0.2, 0) is 16.0 Å². The highest BCUT2D eigenvalue weighted by atomic mass is 19.1. The van der Waals surface area contributed by atoms with Crippen molar-refractivity contribution in [1.82, 2.24) is 4.90 Å². The zero-order valence-corrected chi connectivity index (χ0v) is 15.6. The first-order valence-corrected chi connectivity index (χ1v) is 9.11. The van der Waals surface area contributed by atoms with Crippen molar-refractivity contribution in [3.8, 4) is 11.5 Å². The van der Waals surface area contributed by atoms with Gasteiger partial charge in [-0.2, -0.15) is 0 Å². The molecular weight excluding hydrogens is 363 g/mol. The lowest BCUT2D eigenvalue weighted by Crippen LogP contribution is -2.44. The largest absolute Gasteiger partial charge is 0.508 e. The van der Waals surface area contributed by atoms with Crippen molar-refractivity contribution in [2.24, 2.45) is 0 Å². The van der Waals surface area contributed by atoms with E-state index in [-0.39, 0.29) is 17.7 Å². The molecule has 0 aliphatic carbocycles. The van der Waals surface area contributed by atoms with Crippen molar-refractivity contribution in [2.45, 2.75) is 12.3 Å². The fraction of sp³-hybridized carbons (Fsp3) is 0.333. The maximum Gasteiger partial charge on any atom is 0.152 e. The van der Waals surface area contributed by atoms with Crippen molar-refractivity contribution in [3.63, 3.8) is 0 Å². The van der Waals surface area contributed by atoms with E-state index >= 15 is 0 Å². The van der Waals surface area contributed by atoms with E-state index < -0.39 is 23.3 Å². The van der Waals surface area contributed by atoms with Gasteiger partial charge in [0.25, 0.3) is 0 Å². The number of anilines is 1. The summed E-state index contributed by atoms with van der Waals surface area (Å²) in [5, 5.41) is 20.2. The number of halogens is 1. The lowest BCUT2D eigenvalue weighted by Gasteiger charge is -2.34. The Hall–Kier alpha value is -2.93. The van der Waals surface area contributed by atoms with Gasteiger partial charge in [-0.25, -0.2) is 4.39 Å². The van der Waals surface area contributed by atoms with Crippen LogP contribution in [0, 0.1) is 5.82 Å². The minimum Gasteiger partial charge on any atom is -0.508 e. The predicted molar refractivity (Wildman–Crippen MR) is 103 cm³/mol. The smallest absolute Gasteiger partial charge is 0.152 e. The van der Waals surface area contributed by atoms with Gasteiger partial charge in [-0.3, -0.25) is 4.79 Å². The average molecular weight is 386 g/mol. The summed E-state index contributed by atoms with van der Waals surface area (Å²) in [5.74, 6) is -2.83. The predicted octanol–water partition coefficient (Wildman–Crippen LogP) is 2.08. The second-order valence-corrected chi connectivity index (χ2v) is 7.06. The second kappa shape index (κ2) is 8.39. The number of phenols is 2. The lowest BCUT2D eigenvalue weighted by atomic mass is 9.91. The summed E-state index contributed by atoms with van der Waals surface area (Å²) in [4.78, 5) is 28.4. The van der Waals surface area contributed by atoms with Crippen LogP contribution < -0.4 is 4.90 Å². The SMILES string of the molecule is CN1CCN(c2ccc(CC(=O)C(C=O)c3ccc(F)cc3O)c(O)c2)CC1. The van der Waals surface area contributed by atoms with Crippen LogP contribution in [0.2, 0.25) is 0 Å². The zero-order valence-electron chi connectivity index (χ0n) is 15.6. The highest BCUT2D eigenvalue weighted by molar-refractivity contribution is 6.00. The number of carbonyl (C=O) groups excluding carboxylic acids is 2. The highest BCUT2D eigenvalue weighted by Gasteiger charge is 2.24. The Bertz CT molecular complexity index is 879. The molecule has 0 radical (unpaired) electrons. The molecule has 1 unspecified atom stereocenters. The first kappa shape index (κ1) is 19.8. The minimum atomic E-state index is -1.22. The van der Waals surface area contributed by atoms with Crippen LogP contribution in [0.15, 0.2) is 36.4 Å². The van der Waals surface area contributed by atoms with Gasteiger partial charge in [0.15, 0.2) is 5.78 Å². The molecule has 2 N–H and O–H groups in total. The van der Waals surface area contributed by atoms with E-state index in [1.54, 1.807) is 12.1 Å². The zero-order chi connectivity index (χ0) is 20.3. The van der Waals surface area contributed by atoms with Crippen LogP contribution in [-0.4, -0.2) is 60.4 Å². The summed E-state index contributed by atoms with van der Waals surface area (Å²) in [6.07, 6.45) is 0.250. The van der Waals surface area contributed by atoms with Crippen LogP contribution in [0.4, 0.5) is 10.1 Å². The van der Waals surface area contributed by atoms with Gasteiger partial charge in [0.05, 0.1) is 0 Å². The molecule has 2 aromatic carbocycles. The molecule has 1 heterocycles. The first-order valence-electron chi connectivity index (χ1n) is 9.11. The molecule has 1 fully saturated rings. The molecule has 0 spiro atoms. The van der Waals surface area contributed by atoms with Gasteiger partial charge in [0.1, 0.15) is 29.5 Å². The number of Topliss-reactive ketones (excluding diaryl/α,β-unsaturated/α-hetero) is 1. The molecule has 28 heavy (non-hydrogen) atoms. The number of aromatic hydroxyl groups is 2. The van der Waals surface area contributed by atoms with Crippen LogP contribution >= 0.6 is 0 Å². The summed E-state index contributed by atoms with van der Waals surface area (Å²) in [5.41, 5.74) is 1.33. The minimum absolute atomic E-state index is 0.0160. The Balaban J connectivity index is 1.75. The maximum atomic E-state index is 13.2. The van der Waals surface area contributed by atoms with Gasteiger partial charge in [-0.05, 0) is 19.2 Å². The third-order valence-electron chi connectivity index (χ3n) is 5.11. The van der Waals surface area contributed by atoms with E-state index in [2.05, 4.69) is 16.8 Å². The number of piperazine rings is 1. The third-order valence-corrected chi connectivity index (χ3v) is 5.11. The standard InChI is InChI=1S/C21H23FN2O4/c1-23-6-8-24(9-7-23)16-4-2-14(19(26)12-16)10-20(27)18(13-25)17-5-3-15(22)11-21(17)28/h2-5,11-13,18,26,28H,6-10H2,1H3. The number of phenolic OH excluding ortho intramolecular Hbond substituents is 2. The third kappa shape index (κ3) is 4.31. The summed E-state index contributed by atoms with van der Waals surface area (Å²) in [7, 11) is 2.06. The fourth-order valence-corrected chi connectivity index (χ4v) is 3.36. The number of aldehydes is 1. The molecule has 1 atom stereocenters. The molecule has 1 aliphatic heterocycles. The molecule has 2 aromatic rings. The van der Waals surface area contributed by atoms with E-state index in [4.69, 9.17) is 0 Å². The molecular formula is C21H23FN2O4. The van der Waals surface area contributed by atoms with Crippen LogP contribution in [0.25, 0.3) is 0 Å². The number of nitrogens with zero attached hydrogens (tertiary/aromatic N) is 2. The van der Waals surface area contributed by atoms with E-state index in [1.165, 1.54) is 6.07 Å². The number of ketones is 1. The topological polar surface area (TPSA) is 81.1 Å².